The van der Waals surface area contributed by atoms with Gasteiger partial charge in [0, 0.05) is 12.1 Å². The molecule has 1 heterocycles. The second-order valence-corrected chi connectivity index (χ2v) is 5.55. The molecular weight excluding hydrogens is 312 g/mol. The number of fused-ring (bicyclic) bond motifs is 1. The van der Waals surface area contributed by atoms with Gasteiger partial charge in [-0.3, -0.25) is 0 Å². The number of methoxy groups -OCH3 is 2. The number of rotatable bonds is 2. The van der Waals surface area contributed by atoms with Crippen LogP contribution in [0.5, 0.6) is 11.5 Å². The number of anilines is 2. The number of aryl methyl sites for hydroxylation is 2. The molecule has 23 heavy (non-hydrogen) atoms. The third-order valence-electron chi connectivity index (χ3n) is 3.37. The summed E-state index contributed by atoms with van der Waals surface area (Å²) in [5.41, 5.74) is 16.2. The summed E-state index contributed by atoms with van der Waals surface area (Å²) < 4.78 is 18.5. The number of ether oxygens (including phenoxy) is 2. The first-order valence-corrected chi connectivity index (χ1v) is 7.65. The molecule has 0 spiro atoms. The van der Waals surface area contributed by atoms with Crippen molar-refractivity contribution in [3.63, 3.8) is 0 Å². The number of aromatic nitrogens is 2. The van der Waals surface area contributed by atoms with Crippen LogP contribution in [0.15, 0.2) is 24.3 Å². The highest BCUT2D eigenvalue weighted by Crippen LogP contribution is 2.26. The van der Waals surface area contributed by atoms with E-state index in [-0.39, 0.29) is 0 Å². The number of nitrogens with two attached hydrogens (primary N) is 2. The van der Waals surface area contributed by atoms with Gasteiger partial charge in [0.15, 0.2) is 0 Å². The number of benzene rings is 2. The SMILES string of the molecule is COc1cc(N)c(N)cc1C.COc1cc2nsnc2cc1C. The molecule has 0 saturated heterocycles. The van der Waals surface area contributed by atoms with E-state index in [9.17, 15) is 0 Å². The molecular formula is C16H20N4O2S. The summed E-state index contributed by atoms with van der Waals surface area (Å²) in [4.78, 5) is 0. The zero-order valence-electron chi connectivity index (χ0n) is 13.6. The summed E-state index contributed by atoms with van der Waals surface area (Å²) in [5, 5.41) is 0. The van der Waals surface area contributed by atoms with Gasteiger partial charge in [0.1, 0.15) is 22.5 Å². The van der Waals surface area contributed by atoms with Crippen molar-refractivity contribution < 1.29 is 9.47 Å². The Morgan fingerprint density at radius 1 is 0.783 bits per heavy atom. The van der Waals surface area contributed by atoms with E-state index in [0.717, 1.165) is 33.7 Å². The fourth-order valence-corrected chi connectivity index (χ4v) is 2.59. The predicted octanol–water partition coefficient (Wildman–Crippen LogP) is 3.18. The van der Waals surface area contributed by atoms with Crippen LogP contribution < -0.4 is 20.9 Å². The molecule has 0 fully saturated rings. The maximum absolute atomic E-state index is 5.56. The number of hydrogen-bond donors (Lipinski definition) is 2. The van der Waals surface area contributed by atoms with Crippen LogP contribution in [0.1, 0.15) is 11.1 Å². The minimum absolute atomic E-state index is 0.562. The van der Waals surface area contributed by atoms with E-state index in [2.05, 4.69) is 8.75 Å². The molecule has 4 N–H and O–H groups in total. The molecule has 122 valence electrons. The van der Waals surface area contributed by atoms with Gasteiger partial charge in [0.2, 0.25) is 0 Å². The van der Waals surface area contributed by atoms with Crippen LogP contribution >= 0.6 is 11.7 Å². The monoisotopic (exact) mass is 332 g/mol. The van der Waals surface area contributed by atoms with Crippen molar-refractivity contribution in [1.29, 1.82) is 0 Å². The van der Waals surface area contributed by atoms with Crippen molar-refractivity contribution in [2.24, 2.45) is 0 Å². The lowest BCUT2D eigenvalue weighted by Crippen LogP contribution is -1.97. The Morgan fingerprint density at radius 2 is 1.26 bits per heavy atom. The zero-order valence-corrected chi connectivity index (χ0v) is 14.4. The van der Waals surface area contributed by atoms with Gasteiger partial charge in [0.25, 0.3) is 0 Å². The van der Waals surface area contributed by atoms with Crippen LogP contribution in [0, 0.1) is 13.8 Å². The first-order valence-electron chi connectivity index (χ1n) is 6.92. The van der Waals surface area contributed by atoms with Gasteiger partial charge in [0.05, 0.1) is 37.3 Å². The van der Waals surface area contributed by atoms with Crippen molar-refractivity contribution in [1.82, 2.24) is 8.75 Å². The molecule has 0 saturated carbocycles. The van der Waals surface area contributed by atoms with Gasteiger partial charge < -0.3 is 20.9 Å². The Hall–Kier alpha value is -2.54. The van der Waals surface area contributed by atoms with E-state index in [0.29, 0.717) is 11.4 Å². The van der Waals surface area contributed by atoms with Gasteiger partial charge in [-0.15, -0.1) is 0 Å². The molecule has 7 heteroatoms. The average Bonchev–Trinajstić information content (AvgIpc) is 2.97. The van der Waals surface area contributed by atoms with Crippen molar-refractivity contribution in [3.05, 3.63) is 35.4 Å². The third-order valence-corrected chi connectivity index (χ3v) is 3.93. The molecule has 0 aliphatic carbocycles. The van der Waals surface area contributed by atoms with E-state index >= 15 is 0 Å². The summed E-state index contributed by atoms with van der Waals surface area (Å²) in [6.07, 6.45) is 0. The minimum atomic E-state index is 0.562. The lowest BCUT2D eigenvalue weighted by Gasteiger charge is -2.07. The molecule has 0 radical (unpaired) electrons. The van der Waals surface area contributed by atoms with Crippen LogP contribution in [0.3, 0.4) is 0 Å². The molecule has 1 aromatic heterocycles. The second kappa shape index (κ2) is 7.15. The molecule has 3 rings (SSSR count). The van der Waals surface area contributed by atoms with E-state index < -0.39 is 0 Å². The number of nitrogen functional groups attached to an aromatic ring is 2. The standard InChI is InChI=1S/C8H8N2OS.C8H12N2O/c1-5-3-6-7(10-12-9-6)4-8(5)11-2;1-5-3-6(9)7(10)4-8(5)11-2/h3-4H,1-2H3;3-4H,9-10H2,1-2H3. The van der Waals surface area contributed by atoms with E-state index in [4.69, 9.17) is 20.9 Å². The average molecular weight is 332 g/mol. The Morgan fingerprint density at radius 3 is 1.87 bits per heavy atom. The largest absolute Gasteiger partial charge is 0.496 e. The van der Waals surface area contributed by atoms with Crippen molar-refractivity contribution >= 4 is 34.1 Å². The van der Waals surface area contributed by atoms with Gasteiger partial charge >= 0.3 is 0 Å². The highest BCUT2D eigenvalue weighted by molar-refractivity contribution is 7.00. The topological polar surface area (TPSA) is 96.3 Å². The lowest BCUT2D eigenvalue weighted by atomic mass is 10.2. The zero-order chi connectivity index (χ0) is 17.0. The van der Waals surface area contributed by atoms with Crippen LogP contribution in [0.2, 0.25) is 0 Å². The maximum atomic E-state index is 5.56. The second-order valence-electron chi connectivity index (χ2n) is 5.03. The van der Waals surface area contributed by atoms with Crippen molar-refractivity contribution in [2.75, 3.05) is 25.7 Å². The fourth-order valence-electron chi connectivity index (χ4n) is 2.08. The molecule has 3 aromatic rings. The summed E-state index contributed by atoms with van der Waals surface area (Å²) in [6, 6.07) is 7.42. The van der Waals surface area contributed by atoms with E-state index in [1.807, 2.05) is 26.0 Å². The minimum Gasteiger partial charge on any atom is -0.496 e. The smallest absolute Gasteiger partial charge is 0.124 e. The summed E-state index contributed by atoms with van der Waals surface area (Å²) in [7, 11) is 3.27. The van der Waals surface area contributed by atoms with E-state index in [1.54, 1.807) is 26.4 Å². The van der Waals surface area contributed by atoms with Crippen LogP contribution in [0.4, 0.5) is 11.4 Å². The summed E-state index contributed by atoms with van der Waals surface area (Å²) >= 11 is 1.23. The van der Waals surface area contributed by atoms with Crippen LogP contribution in [-0.2, 0) is 0 Å². The molecule has 0 unspecified atom stereocenters. The maximum Gasteiger partial charge on any atom is 0.124 e. The Kier molecular flexibility index (Phi) is 5.23. The van der Waals surface area contributed by atoms with Crippen molar-refractivity contribution in [3.8, 4) is 11.5 Å². The highest BCUT2D eigenvalue weighted by atomic mass is 32.1. The highest BCUT2D eigenvalue weighted by Gasteiger charge is 2.03. The fraction of sp³-hybridized carbons (Fsp3) is 0.250. The van der Waals surface area contributed by atoms with Crippen LogP contribution in [-0.4, -0.2) is 23.0 Å². The summed E-state index contributed by atoms with van der Waals surface area (Å²) in [6.45, 7) is 3.92. The quantitative estimate of drug-likeness (QED) is 0.700. The first kappa shape index (κ1) is 16.8. The molecule has 0 atom stereocenters. The predicted molar refractivity (Wildman–Crippen MR) is 95.3 cm³/mol. The molecule has 0 amide bonds. The van der Waals surface area contributed by atoms with E-state index in [1.165, 1.54) is 11.7 Å². The van der Waals surface area contributed by atoms with Crippen LogP contribution in [0.25, 0.3) is 11.0 Å². The normalized spacial score (nSPS) is 10.1. The molecule has 0 aliphatic rings. The van der Waals surface area contributed by atoms with Gasteiger partial charge in [-0.05, 0) is 37.1 Å². The number of hydrogen-bond acceptors (Lipinski definition) is 7. The van der Waals surface area contributed by atoms with Crippen molar-refractivity contribution in [2.45, 2.75) is 13.8 Å². The van der Waals surface area contributed by atoms with Gasteiger partial charge in [-0.2, -0.15) is 8.75 Å². The molecule has 0 aliphatic heterocycles. The molecule has 6 nitrogen and oxygen atoms in total. The van der Waals surface area contributed by atoms with Gasteiger partial charge in [-0.25, -0.2) is 0 Å². The number of nitrogens with zero attached hydrogens (tertiary/aromatic N) is 2. The third kappa shape index (κ3) is 3.81. The van der Waals surface area contributed by atoms with Gasteiger partial charge in [-0.1, -0.05) is 0 Å². The lowest BCUT2D eigenvalue weighted by molar-refractivity contribution is 0.412. The first-order chi connectivity index (χ1) is 11.0. The molecule has 0 bridgehead atoms. The Labute approximate surface area is 139 Å². The Balaban J connectivity index is 0.000000168. The molecule has 2 aromatic carbocycles. The summed E-state index contributed by atoms with van der Waals surface area (Å²) in [5.74, 6) is 1.65. The Bertz CT molecular complexity index is 817.